The highest BCUT2D eigenvalue weighted by atomic mass is 32.1. The molecule has 0 rings (SSSR count). The molecule has 0 heterocycles. The maximum absolute atomic E-state index is 11.5. The highest BCUT2D eigenvalue weighted by Gasteiger charge is 2.06. The molecule has 0 spiro atoms. The first-order chi connectivity index (χ1) is 5.02. The predicted molar refractivity (Wildman–Crippen MR) is 40.4 cm³/mol. The fourth-order valence-electron chi connectivity index (χ4n) is 0.412. The first-order valence-corrected chi connectivity index (χ1v) is 3.26. The van der Waals surface area contributed by atoms with Crippen molar-refractivity contribution in [3.8, 4) is 0 Å². The quantitative estimate of drug-likeness (QED) is 0.604. The summed E-state index contributed by atoms with van der Waals surface area (Å²) in [6, 6.07) is 0. The topological polar surface area (TPSA) is 55.1 Å². The van der Waals surface area contributed by atoms with E-state index in [0.29, 0.717) is 0 Å². The number of carbonyl (C=O) groups excluding carboxylic acids is 1. The molecule has 0 atom stereocenters. The van der Waals surface area contributed by atoms with Crippen LogP contribution in [0.25, 0.3) is 0 Å². The van der Waals surface area contributed by atoms with E-state index < -0.39 is 18.9 Å². The molecule has 6 heteroatoms. The molecule has 0 saturated heterocycles. The minimum absolute atomic E-state index is 0.00299. The van der Waals surface area contributed by atoms with Crippen molar-refractivity contribution in [3.05, 3.63) is 0 Å². The van der Waals surface area contributed by atoms with Gasteiger partial charge in [-0.1, -0.05) is 12.2 Å². The second-order valence-electron chi connectivity index (χ2n) is 1.84. The van der Waals surface area contributed by atoms with Crippen molar-refractivity contribution in [2.24, 2.45) is 5.73 Å². The van der Waals surface area contributed by atoms with Gasteiger partial charge in [0.2, 0.25) is 5.91 Å². The molecule has 0 radical (unpaired) electrons. The van der Waals surface area contributed by atoms with Crippen LogP contribution in [0.3, 0.4) is 0 Å². The molecule has 0 aromatic carbocycles. The maximum atomic E-state index is 11.5. The molecule has 0 aromatic heterocycles. The van der Waals surface area contributed by atoms with Gasteiger partial charge in [0.1, 0.15) is 0 Å². The Kier molecular flexibility index (Phi) is 4.60. The molecule has 11 heavy (non-hydrogen) atoms. The second-order valence-corrected chi connectivity index (χ2v) is 2.36. The van der Waals surface area contributed by atoms with Gasteiger partial charge in [-0.25, -0.2) is 8.78 Å². The number of carbonyl (C=O) groups is 1. The summed E-state index contributed by atoms with van der Waals surface area (Å²) in [7, 11) is 0. The molecule has 0 aromatic rings. The molecule has 0 bridgehead atoms. The van der Waals surface area contributed by atoms with Crippen LogP contribution in [0.15, 0.2) is 0 Å². The molecule has 0 aliphatic heterocycles. The van der Waals surface area contributed by atoms with Crippen molar-refractivity contribution in [2.45, 2.75) is 12.8 Å². The van der Waals surface area contributed by atoms with Gasteiger partial charge in [-0.3, -0.25) is 4.79 Å². The fraction of sp³-hybridized carbons (Fsp3) is 0.600. The number of amides is 1. The number of nitrogens with two attached hydrogens (primary N) is 1. The lowest BCUT2D eigenvalue weighted by Crippen LogP contribution is -2.31. The molecule has 0 aliphatic rings. The monoisotopic (exact) mass is 182 g/mol. The van der Waals surface area contributed by atoms with Gasteiger partial charge < -0.3 is 11.1 Å². The van der Waals surface area contributed by atoms with E-state index in [4.69, 9.17) is 5.73 Å². The second kappa shape index (κ2) is 4.95. The van der Waals surface area contributed by atoms with E-state index in [1.807, 2.05) is 5.32 Å². The third-order valence-electron chi connectivity index (χ3n) is 0.788. The maximum Gasteiger partial charge on any atom is 0.255 e. The van der Waals surface area contributed by atoms with E-state index >= 15 is 0 Å². The predicted octanol–water partition coefficient (Wildman–Crippen LogP) is 0.0439. The summed E-state index contributed by atoms with van der Waals surface area (Å²) >= 11 is 4.38. The van der Waals surface area contributed by atoms with E-state index in [2.05, 4.69) is 12.2 Å². The van der Waals surface area contributed by atoms with E-state index in [9.17, 15) is 13.6 Å². The number of alkyl halides is 2. The summed E-state index contributed by atoms with van der Waals surface area (Å²) in [5, 5.41) is 1.96. The van der Waals surface area contributed by atoms with Crippen molar-refractivity contribution in [1.29, 1.82) is 0 Å². The van der Waals surface area contributed by atoms with E-state index in [1.165, 1.54) is 0 Å². The normalized spacial score (nSPS) is 9.73. The number of rotatable bonds is 4. The minimum atomic E-state index is -2.54. The smallest absolute Gasteiger partial charge is 0.255 e. The first-order valence-electron chi connectivity index (χ1n) is 2.85. The molecule has 3 N–H and O–H groups in total. The van der Waals surface area contributed by atoms with Gasteiger partial charge in [0.25, 0.3) is 6.43 Å². The zero-order valence-electron chi connectivity index (χ0n) is 5.64. The highest BCUT2D eigenvalue weighted by molar-refractivity contribution is 7.80. The van der Waals surface area contributed by atoms with Crippen LogP contribution in [0.2, 0.25) is 0 Å². The zero-order valence-corrected chi connectivity index (χ0v) is 6.46. The Morgan fingerprint density at radius 2 is 2.18 bits per heavy atom. The van der Waals surface area contributed by atoms with Crippen LogP contribution in [0.1, 0.15) is 6.42 Å². The van der Waals surface area contributed by atoms with Crippen LogP contribution in [0.5, 0.6) is 0 Å². The molecule has 0 aliphatic carbocycles. The molecular formula is C5H8F2N2OS. The van der Waals surface area contributed by atoms with Crippen molar-refractivity contribution >= 4 is 23.1 Å². The van der Waals surface area contributed by atoms with Crippen molar-refractivity contribution < 1.29 is 13.6 Å². The number of hydrogen-bond donors (Lipinski definition) is 2. The van der Waals surface area contributed by atoms with Crippen molar-refractivity contribution in [2.75, 3.05) is 6.54 Å². The first kappa shape index (κ1) is 10.2. The number of halogens is 2. The largest absolute Gasteiger partial charge is 0.393 e. The molecule has 0 saturated carbocycles. The Bertz CT molecular complexity index is 163. The average molecular weight is 182 g/mol. The van der Waals surface area contributed by atoms with E-state index in [1.54, 1.807) is 0 Å². The average Bonchev–Trinajstić information content (AvgIpc) is 1.82. The molecule has 64 valence electrons. The lowest BCUT2D eigenvalue weighted by molar-refractivity contribution is -0.120. The van der Waals surface area contributed by atoms with Crippen molar-refractivity contribution in [1.82, 2.24) is 5.32 Å². The van der Waals surface area contributed by atoms with Crippen LogP contribution in [-0.4, -0.2) is 23.9 Å². The van der Waals surface area contributed by atoms with Crippen LogP contribution >= 0.6 is 12.2 Å². The number of nitrogens with one attached hydrogen (secondary N) is 1. The standard InChI is InChI=1S/C5H8F2N2OS/c6-3(7)2-9-5(10)1-4(8)11/h3H,1-2H2,(H2,8,11)(H,9,10). The Morgan fingerprint density at radius 3 is 2.55 bits per heavy atom. The van der Waals surface area contributed by atoms with Gasteiger partial charge in [-0.15, -0.1) is 0 Å². The van der Waals surface area contributed by atoms with Gasteiger partial charge in [-0.05, 0) is 0 Å². The number of hydrogen-bond acceptors (Lipinski definition) is 2. The van der Waals surface area contributed by atoms with Gasteiger partial charge in [0, 0.05) is 0 Å². The SMILES string of the molecule is NC(=S)CC(=O)NCC(F)F. The van der Waals surface area contributed by atoms with Crippen LogP contribution in [0.4, 0.5) is 8.78 Å². The Labute approximate surface area is 67.9 Å². The molecule has 0 unspecified atom stereocenters. The minimum Gasteiger partial charge on any atom is -0.393 e. The van der Waals surface area contributed by atoms with Crippen LogP contribution in [0, 0.1) is 0 Å². The summed E-state index contributed by atoms with van der Waals surface area (Å²) in [5.74, 6) is -0.571. The van der Waals surface area contributed by atoms with Crippen LogP contribution in [-0.2, 0) is 4.79 Å². The summed E-state index contributed by atoms with van der Waals surface area (Å²) < 4.78 is 22.9. The fourth-order valence-corrected chi connectivity index (χ4v) is 0.543. The van der Waals surface area contributed by atoms with E-state index in [-0.39, 0.29) is 11.4 Å². The van der Waals surface area contributed by atoms with Gasteiger partial charge >= 0.3 is 0 Å². The third-order valence-corrected chi connectivity index (χ3v) is 0.933. The Balaban J connectivity index is 3.46. The Morgan fingerprint density at radius 1 is 1.64 bits per heavy atom. The van der Waals surface area contributed by atoms with E-state index in [0.717, 1.165) is 0 Å². The van der Waals surface area contributed by atoms with Gasteiger partial charge in [-0.2, -0.15) is 0 Å². The summed E-state index contributed by atoms with van der Waals surface area (Å²) in [4.78, 5) is 10.5. The molecule has 1 amide bonds. The summed E-state index contributed by atoms with van der Waals surface area (Å²) in [6.45, 7) is -0.651. The number of thiocarbonyl (C=S) groups is 1. The molecule has 3 nitrogen and oxygen atoms in total. The molecular weight excluding hydrogens is 174 g/mol. The lowest BCUT2D eigenvalue weighted by Gasteiger charge is -2.01. The zero-order chi connectivity index (χ0) is 8.85. The molecule has 0 fully saturated rings. The lowest BCUT2D eigenvalue weighted by atomic mass is 10.4. The summed E-state index contributed by atoms with van der Waals surface area (Å²) in [6.07, 6.45) is -2.72. The van der Waals surface area contributed by atoms with Gasteiger partial charge in [0.05, 0.1) is 18.0 Å². The van der Waals surface area contributed by atoms with Gasteiger partial charge in [0.15, 0.2) is 0 Å². The Hall–Kier alpha value is -0.780. The third kappa shape index (κ3) is 7.11. The van der Waals surface area contributed by atoms with Crippen LogP contribution < -0.4 is 11.1 Å². The highest BCUT2D eigenvalue weighted by Crippen LogP contribution is 1.88. The van der Waals surface area contributed by atoms with Crippen molar-refractivity contribution in [3.63, 3.8) is 0 Å². The summed E-state index contributed by atoms with van der Waals surface area (Å²) in [5.41, 5.74) is 4.98.